The van der Waals surface area contributed by atoms with Gasteiger partial charge >= 0.3 is 0 Å². The number of likely N-dealkylation sites (tertiary alicyclic amines) is 1. The Labute approximate surface area is 154 Å². The summed E-state index contributed by atoms with van der Waals surface area (Å²) in [4.78, 5) is 18.7. The maximum Gasteiger partial charge on any atom is 0.253 e. The van der Waals surface area contributed by atoms with Crippen molar-refractivity contribution in [2.75, 3.05) is 18.8 Å². The highest BCUT2D eigenvalue weighted by atomic mass is 32.2. The Morgan fingerprint density at radius 3 is 2.84 bits per heavy atom. The number of carbonyl (C=O) groups excluding carboxylic acids is 1. The van der Waals surface area contributed by atoms with Crippen LogP contribution < -0.4 is 0 Å². The number of aryl methyl sites for hydroxylation is 1. The third-order valence-corrected chi connectivity index (χ3v) is 7.04. The van der Waals surface area contributed by atoms with Crippen molar-refractivity contribution < 1.29 is 13.9 Å². The molecule has 3 heterocycles. The van der Waals surface area contributed by atoms with Gasteiger partial charge in [-0.15, -0.1) is 23.1 Å². The van der Waals surface area contributed by atoms with Gasteiger partial charge in [-0.05, 0) is 37.6 Å². The number of ether oxygens (including phenoxy) is 1. The van der Waals surface area contributed by atoms with Crippen molar-refractivity contribution >= 4 is 29.0 Å². The van der Waals surface area contributed by atoms with Crippen LogP contribution in [0.4, 0.5) is 4.39 Å². The number of rotatable bonds is 4. The lowest BCUT2D eigenvalue weighted by Gasteiger charge is -2.47. The molecule has 1 aromatic heterocycles. The van der Waals surface area contributed by atoms with Gasteiger partial charge in [0.2, 0.25) is 0 Å². The summed E-state index contributed by atoms with van der Waals surface area (Å²) in [5.41, 5.74) is 1.54. The van der Waals surface area contributed by atoms with Crippen LogP contribution >= 0.6 is 23.1 Å². The Kier molecular flexibility index (Phi) is 4.56. The third-order valence-electron chi connectivity index (χ3n) is 4.65. The molecule has 0 aliphatic carbocycles. The van der Waals surface area contributed by atoms with E-state index in [0.717, 1.165) is 36.0 Å². The first-order chi connectivity index (χ1) is 12.0. The minimum atomic E-state index is -0.321. The fraction of sp³-hybridized carbons (Fsp3) is 0.444. The number of thioether (sulfide) groups is 1. The van der Waals surface area contributed by atoms with Crippen molar-refractivity contribution in [3.63, 3.8) is 0 Å². The maximum absolute atomic E-state index is 13.0. The Hall–Kier alpha value is -1.44. The fourth-order valence-electron chi connectivity index (χ4n) is 3.38. The second kappa shape index (κ2) is 6.70. The lowest BCUT2D eigenvalue weighted by atomic mass is 9.92. The highest BCUT2D eigenvalue weighted by Crippen LogP contribution is 2.46. The van der Waals surface area contributed by atoms with E-state index in [1.807, 2.05) is 29.0 Å². The monoisotopic (exact) mass is 378 g/mol. The number of hydrogen-bond acceptors (Lipinski definition) is 5. The van der Waals surface area contributed by atoms with Gasteiger partial charge in [0, 0.05) is 29.8 Å². The zero-order valence-electron chi connectivity index (χ0n) is 13.9. The van der Waals surface area contributed by atoms with Gasteiger partial charge in [0.25, 0.3) is 5.91 Å². The van der Waals surface area contributed by atoms with Gasteiger partial charge < -0.3 is 9.64 Å². The summed E-state index contributed by atoms with van der Waals surface area (Å²) >= 11 is 3.54. The molecule has 25 heavy (non-hydrogen) atoms. The summed E-state index contributed by atoms with van der Waals surface area (Å²) in [7, 11) is 0. The van der Waals surface area contributed by atoms with Crippen LogP contribution in [0.2, 0.25) is 0 Å². The zero-order chi connectivity index (χ0) is 17.4. The van der Waals surface area contributed by atoms with Crippen LogP contribution in [-0.2, 0) is 11.3 Å². The van der Waals surface area contributed by atoms with Crippen molar-refractivity contribution in [1.29, 1.82) is 0 Å². The minimum Gasteiger partial charge on any atom is -0.371 e. The first kappa shape index (κ1) is 17.0. The molecule has 1 spiro atoms. The SMILES string of the molecule is Cc1nc(CO[C@H]2CSC3(C2)CN(C(=O)c2ccc(F)cc2)C3)cs1. The first-order valence-corrected chi connectivity index (χ1v) is 10.1. The largest absolute Gasteiger partial charge is 0.371 e. The van der Waals surface area contributed by atoms with E-state index < -0.39 is 0 Å². The topological polar surface area (TPSA) is 42.4 Å². The molecule has 1 atom stereocenters. The first-order valence-electron chi connectivity index (χ1n) is 8.24. The van der Waals surface area contributed by atoms with Gasteiger partial charge in [0.15, 0.2) is 0 Å². The third kappa shape index (κ3) is 3.59. The number of amides is 1. The normalized spacial score (nSPS) is 21.5. The molecule has 1 amide bonds. The second-order valence-electron chi connectivity index (χ2n) is 6.66. The van der Waals surface area contributed by atoms with Crippen LogP contribution in [0, 0.1) is 12.7 Å². The smallest absolute Gasteiger partial charge is 0.253 e. The summed E-state index contributed by atoms with van der Waals surface area (Å²) in [6.07, 6.45) is 1.18. The van der Waals surface area contributed by atoms with Crippen LogP contribution in [0.3, 0.4) is 0 Å². The molecule has 2 aliphatic heterocycles. The number of hydrogen-bond donors (Lipinski definition) is 0. The average molecular weight is 378 g/mol. The molecule has 0 bridgehead atoms. The fourth-order valence-corrected chi connectivity index (χ4v) is 5.52. The molecule has 7 heteroatoms. The van der Waals surface area contributed by atoms with Gasteiger partial charge in [-0.1, -0.05) is 0 Å². The van der Waals surface area contributed by atoms with E-state index in [1.54, 1.807) is 23.5 Å². The molecular weight excluding hydrogens is 359 g/mol. The predicted molar refractivity (Wildman–Crippen MR) is 97.5 cm³/mol. The van der Waals surface area contributed by atoms with Crippen LogP contribution in [0.25, 0.3) is 0 Å². The van der Waals surface area contributed by atoms with Crippen molar-refractivity contribution in [2.45, 2.75) is 30.8 Å². The molecule has 132 valence electrons. The molecule has 0 saturated carbocycles. The molecular formula is C18H19FN2O2S2. The van der Waals surface area contributed by atoms with Gasteiger partial charge in [0.05, 0.1) is 28.2 Å². The lowest BCUT2D eigenvalue weighted by molar-refractivity contribution is 0.0246. The predicted octanol–water partition coefficient (Wildman–Crippen LogP) is 3.51. The molecule has 2 aliphatic rings. The number of benzene rings is 1. The molecule has 0 N–H and O–H groups in total. The van der Waals surface area contributed by atoms with E-state index in [1.165, 1.54) is 12.1 Å². The van der Waals surface area contributed by atoms with Crippen molar-refractivity contribution in [2.24, 2.45) is 0 Å². The van der Waals surface area contributed by atoms with Crippen LogP contribution in [0.15, 0.2) is 29.6 Å². The van der Waals surface area contributed by atoms with E-state index in [9.17, 15) is 9.18 Å². The zero-order valence-corrected chi connectivity index (χ0v) is 15.5. The molecule has 4 nitrogen and oxygen atoms in total. The molecule has 0 radical (unpaired) electrons. The lowest BCUT2D eigenvalue weighted by Crippen LogP contribution is -2.60. The van der Waals surface area contributed by atoms with E-state index in [0.29, 0.717) is 12.2 Å². The summed E-state index contributed by atoms with van der Waals surface area (Å²) in [5.74, 6) is 0.619. The van der Waals surface area contributed by atoms with Crippen molar-refractivity contribution in [1.82, 2.24) is 9.88 Å². The highest BCUT2D eigenvalue weighted by Gasteiger charge is 2.51. The van der Waals surface area contributed by atoms with Gasteiger partial charge in [-0.3, -0.25) is 4.79 Å². The number of nitrogens with zero attached hydrogens (tertiary/aromatic N) is 2. The Morgan fingerprint density at radius 2 is 2.16 bits per heavy atom. The maximum atomic E-state index is 13.0. The summed E-state index contributed by atoms with van der Waals surface area (Å²) in [5, 5.41) is 3.10. The molecule has 2 fully saturated rings. The van der Waals surface area contributed by atoms with Crippen molar-refractivity contribution in [3.05, 3.63) is 51.7 Å². The quantitative estimate of drug-likeness (QED) is 0.817. The van der Waals surface area contributed by atoms with Crippen molar-refractivity contribution in [3.8, 4) is 0 Å². The van der Waals surface area contributed by atoms with Crippen LogP contribution in [0.5, 0.6) is 0 Å². The Morgan fingerprint density at radius 1 is 1.40 bits per heavy atom. The van der Waals surface area contributed by atoms with E-state index in [4.69, 9.17) is 4.74 Å². The summed E-state index contributed by atoms with van der Waals surface area (Å²) < 4.78 is 19.1. The molecule has 1 aromatic carbocycles. The standard InChI is InChI=1S/C18H19FN2O2S2/c1-12-20-15(8-24-12)7-23-16-6-18(25-9-16)10-21(11-18)17(22)13-2-4-14(19)5-3-13/h2-5,8,16H,6-7,9-11H2,1H3/t16-/m1/s1. The average Bonchev–Trinajstić information content (AvgIpc) is 3.18. The molecule has 0 unspecified atom stereocenters. The van der Waals surface area contributed by atoms with Gasteiger partial charge in [-0.25, -0.2) is 9.37 Å². The number of thiazole rings is 1. The van der Waals surface area contributed by atoms with Gasteiger partial charge in [-0.2, -0.15) is 0 Å². The summed E-state index contributed by atoms with van der Waals surface area (Å²) in [6, 6.07) is 5.76. The van der Waals surface area contributed by atoms with E-state index in [2.05, 4.69) is 4.98 Å². The van der Waals surface area contributed by atoms with Crippen LogP contribution in [0.1, 0.15) is 27.5 Å². The number of carbonyl (C=O) groups is 1. The number of aromatic nitrogens is 1. The van der Waals surface area contributed by atoms with Gasteiger partial charge in [0.1, 0.15) is 5.82 Å². The molecule has 2 aromatic rings. The highest BCUT2D eigenvalue weighted by molar-refractivity contribution is 8.01. The Balaban J connectivity index is 1.28. The van der Waals surface area contributed by atoms with E-state index in [-0.39, 0.29) is 22.6 Å². The van der Waals surface area contributed by atoms with E-state index >= 15 is 0 Å². The second-order valence-corrected chi connectivity index (χ2v) is 9.21. The molecule has 4 rings (SSSR count). The minimum absolute atomic E-state index is 0.0199. The van der Waals surface area contributed by atoms with Crippen LogP contribution in [-0.4, -0.2) is 45.5 Å². The Bertz CT molecular complexity index is 772. The summed E-state index contributed by atoms with van der Waals surface area (Å²) in [6.45, 7) is 4.03. The number of halogens is 1. The molecule has 2 saturated heterocycles.